The fourth-order valence-corrected chi connectivity index (χ4v) is 3.93. The van der Waals surface area contributed by atoms with Crippen molar-refractivity contribution in [2.45, 2.75) is 46.1 Å². The van der Waals surface area contributed by atoms with Crippen LogP contribution in [-0.4, -0.2) is 49.4 Å². The van der Waals surface area contributed by atoms with Crippen molar-refractivity contribution in [2.75, 3.05) is 25.9 Å². The lowest BCUT2D eigenvalue weighted by atomic mass is 10.1. The van der Waals surface area contributed by atoms with Crippen molar-refractivity contribution >= 4 is 15.9 Å². The topological polar surface area (TPSA) is 57.7 Å². The van der Waals surface area contributed by atoms with E-state index in [0.29, 0.717) is 0 Å². The van der Waals surface area contributed by atoms with E-state index in [2.05, 4.69) is 0 Å². The zero-order chi connectivity index (χ0) is 18.2. The Hall–Kier alpha value is -1.40. The van der Waals surface area contributed by atoms with Crippen molar-refractivity contribution in [3.8, 4) is 0 Å². The van der Waals surface area contributed by atoms with Crippen LogP contribution in [-0.2, 0) is 14.8 Å². The van der Waals surface area contributed by atoms with Crippen molar-refractivity contribution in [3.05, 3.63) is 35.9 Å². The lowest BCUT2D eigenvalue weighted by Crippen LogP contribution is -2.38. The minimum Gasteiger partial charge on any atom is -0.343 e. The van der Waals surface area contributed by atoms with E-state index in [9.17, 15) is 13.2 Å². The number of benzene rings is 1. The van der Waals surface area contributed by atoms with Gasteiger partial charge in [0.2, 0.25) is 15.9 Å². The molecule has 0 aromatic heterocycles. The SMILES string of the molecule is CCCN(CCC)C(=O)CCN(C(C)c1ccccc1)S(C)(=O)=O. The predicted octanol–water partition coefficient (Wildman–Crippen LogP) is 3.05. The number of rotatable bonds is 10. The Morgan fingerprint density at radius 1 is 1.04 bits per heavy atom. The maximum Gasteiger partial charge on any atom is 0.223 e. The minimum absolute atomic E-state index is 0.0209. The molecule has 0 bridgehead atoms. The second-order valence-electron chi connectivity index (χ2n) is 6.09. The van der Waals surface area contributed by atoms with Gasteiger partial charge in [-0.15, -0.1) is 0 Å². The quantitative estimate of drug-likeness (QED) is 0.649. The molecular formula is C18H30N2O3S. The van der Waals surface area contributed by atoms with E-state index < -0.39 is 10.0 Å². The highest BCUT2D eigenvalue weighted by Crippen LogP contribution is 2.23. The highest BCUT2D eigenvalue weighted by molar-refractivity contribution is 7.88. The normalized spacial score (nSPS) is 13.0. The number of sulfonamides is 1. The fourth-order valence-electron chi connectivity index (χ4n) is 2.81. The van der Waals surface area contributed by atoms with Gasteiger partial charge < -0.3 is 4.90 Å². The zero-order valence-corrected chi connectivity index (χ0v) is 16.1. The van der Waals surface area contributed by atoms with E-state index in [1.807, 2.05) is 56.0 Å². The van der Waals surface area contributed by atoms with Crippen LogP contribution in [0.1, 0.15) is 51.6 Å². The second-order valence-corrected chi connectivity index (χ2v) is 8.03. The summed E-state index contributed by atoms with van der Waals surface area (Å²) in [7, 11) is -3.40. The molecule has 0 aliphatic heterocycles. The molecule has 1 unspecified atom stereocenters. The molecule has 0 saturated heterocycles. The van der Waals surface area contributed by atoms with Gasteiger partial charge >= 0.3 is 0 Å². The number of hydrogen-bond donors (Lipinski definition) is 0. The summed E-state index contributed by atoms with van der Waals surface area (Å²) in [5.74, 6) is 0.0209. The van der Waals surface area contributed by atoms with Crippen molar-refractivity contribution in [1.82, 2.24) is 9.21 Å². The van der Waals surface area contributed by atoms with Crippen molar-refractivity contribution in [3.63, 3.8) is 0 Å². The molecule has 1 amide bonds. The molecule has 6 heteroatoms. The predicted molar refractivity (Wildman–Crippen MR) is 98.2 cm³/mol. The van der Waals surface area contributed by atoms with Gasteiger partial charge in [-0.25, -0.2) is 8.42 Å². The van der Waals surface area contributed by atoms with E-state index in [4.69, 9.17) is 0 Å². The standard InChI is InChI=1S/C18H30N2O3S/c1-5-13-19(14-6-2)18(21)12-15-20(24(4,22)23)16(3)17-10-8-7-9-11-17/h7-11,16H,5-6,12-15H2,1-4H3. The first-order valence-electron chi connectivity index (χ1n) is 8.60. The third-order valence-corrected chi connectivity index (χ3v) is 5.38. The number of hydrogen-bond acceptors (Lipinski definition) is 3. The Morgan fingerprint density at radius 2 is 1.58 bits per heavy atom. The molecule has 0 aliphatic carbocycles. The first-order chi connectivity index (χ1) is 11.3. The molecule has 24 heavy (non-hydrogen) atoms. The molecule has 0 aliphatic rings. The summed E-state index contributed by atoms with van der Waals surface area (Å²) in [6.45, 7) is 7.58. The van der Waals surface area contributed by atoms with E-state index in [1.165, 1.54) is 10.6 Å². The van der Waals surface area contributed by atoms with Crippen LogP contribution in [0.25, 0.3) is 0 Å². The Labute approximate surface area is 146 Å². The largest absolute Gasteiger partial charge is 0.343 e. The number of amides is 1. The van der Waals surface area contributed by atoms with Gasteiger partial charge in [0.1, 0.15) is 0 Å². The van der Waals surface area contributed by atoms with Crippen LogP contribution in [0.2, 0.25) is 0 Å². The lowest BCUT2D eigenvalue weighted by molar-refractivity contribution is -0.131. The van der Waals surface area contributed by atoms with Crippen LogP contribution < -0.4 is 0 Å². The maximum absolute atomic E-state index is 12.4. The molecule has 0 radical (unpaired) electrons. The first kappa shape index (κ1) is 20.6. The third-order valence-electron chi connectivity index (χ3n) is 4.03. The molecule has 0 saturated carbocycles. The summed E-state index contributed by atoms with van der Waals surface area (Å²) >= 11 is 0. The summed E-state index contributed by atoms with van der Waals surface area (Å²) in [4.78, 5) is 14.2. The summed E-state index contributed by atoms with van der Waals surface area (Å²) in [6, 6.07) is 9.21. The molecule has 0 fully saturated rings. The van der Waals surface area contributed by atoms with E-state index in [-0.39, 0.29) is 24.9 Å². The van der Waals surface area contributed by atoms with Crippen LogP contribution in [0.4, 0.5) is 0 Å². The first-order valence-corrected chi connectivity index (χ1v) is 10.5. The minimum atomic E-state index is -3.40. The average molecular weight is 355 g/mol. The summed E-state index contributed by atoms with van der Waals surface area (Å²) in [5.41, 5.74) is 0.925. The van der Waals surface area contributed by atoms with Crippen LogP contribution in [0.5, 0.6) is 0 Å². The average Bonchev–Trinajstić information content (AvgIpc) is 2.54. The summed E-state index contributed by atoms with van der Waals surface area (Å²) < 4.78 is 25.8. The summed E-state index contributed by atoms with van der Waals surface area (Å²) in [6.07, 6.45) is 3.22. The molecule has 1 rings (SSSR count). The van der Waals surface area contributed by atoms with E-state index in [1.54, 1.807) is 0 Å². The van der Waals surface area contributed by atoms with E-state index in [0.717, 1.165) is 31.5 Å². The molecule has 0 spiro atoms. The number of carbonyl (C=O) groups is 1. The molecule has 0 heterocycles. The number of carbonyl (C=O) groups excluding carboxylic acids is 1. The molecule has 1 atom stereocenters. The molecule has 0 N–H and O–H groups in total. The Balaban J connectivity index is 2.83. The van der Waals surface area contributed by atoms with Crippen molar-refractivity contribution in [1.29, 1.82) is 0 Å². The molecular weight excluding hydrogens is 324 g/mol. The third kappa shape index (κ3) is 6.24. The van der Waals surface area contributed by atoms with Gasteiger partial charge in [0.25, 0.3) is 0 Å². The van der Waals surface area contributed by atoms with Gasteiger partial charge in [-0.3, -0.25) is 4.79 Å². The van der Waals surface area contributed by atoms with E-state index >= 15 is 0 Å². The lowest BCUT2D eigenvalue weighted by Gasteiger charge is -2.28. The number of nitrogens with zero attached hydrogens (tertiary/aromatic N) is 2. The van der Waals surface area contributed by atoms with Crippen molar-refractivity contribution < 1.29 is 13.2 Å². The molecule has 5 nitrogen and oxygen atoms in total. The van der Waals surface area contributed by atoms with Gasteiger partial charge in [-0.05, 0) is 25.3 Å². The van der Waals surface area contributed by atoms with Gasteiger partial charge in [0.15, 0.2) is 0 Å². The molecule has 1 aromatic carbocycles. The van der Waals surface area contributed by atoms with Crippen LogP contribution in [0, 0.1) is 0 Å². The molecule has 136 valence electrons. The van der Waals surface area contributed by atoms with Gasteiger partial charge in [-0.1, -0.05) is 44.2 Å². The molecule has 1 aromatic rings. The highest BCUT2D eigenvalue weighted by Gasteiger charge is 2.25. The Bertz CT molecular complexity index is 596. The zero-order valence-electron chi connectivity index (χ0n) is 15.2. The second kappa shape index (κ2) is 9.79. The summed E-state index contributed by atoms with van der Waals surface area (Å²) in [5, 5.41) is 0. The van der Waals surface area contributed by atoms with Crippen LogP contribution in [0.15, 0.2) is 30.3 Å². The highest BCUT2D eigenvalue weighted by atomic mass is 32.2. The van der Waals surface area contributed by atoms with Gasteiger partial charge in [-0.2, -0.15) is 4.31 Å². The maximum atomic E-state index is 12.4. The van der Waals surface area contributed by atoms with Gasteiger partial charge in [0, 0.05) is 32.1 Å². The van der Waals surface area contributed by atoms with Crippen LogP contribution in [0.3, 0.4) is 0 Å². The fraction of sp³-hybridized carbons (Fsp3) is 0.611. The monoisotopic (exact) mass is 354 g/mol. The Morgan fingerprint density at radius 3 is 2.04 bits per heavy atom. The van der Waals surface area contributed by atoms with Crippen molar-refractivity contribution in [2.24, 2.45) is 0 Å². The smallest absolute Gasteiger partial charge is 0.223 e. The van der Waals surface area contributed by atoms with Gasteiger partial charge in [0.05, 0.1) is 6.26 Å². The van der Waals surface area contributed by atoms with Crippen LogP contribution >= 0.6 is 0 Å². The Kier molecular flexibility index (Phi) is 8.42.